The van der Waals surface area contributed by atoms with Crippen LogP contribution in [-0.4, -0.2) is 51.7 Å². The SMILES string of the molecule is Cc1c(S(=O)(=O)Nc2ccc(O)c(N3CCN(C)CC3)c2)sc2ccc(Cl)cc12. The third-order valence-corrected chi connectivity index (χ3v) is 8.68. The lowest BCUT2D eigenvalue weighted by molar-refractivity contribution is 0.311. The number of hydrogen-bond donors (Lipinski definition) is 2. The van der Waals surface area contributed by atoms with Gasteiger partial charge in [-0.1, -0.05) is 11.6 Å². The van der Waals surface area contributed by atoms with Crippen molar-refractivity contribution in [3.05, 3.63) is 47.0 Å². The van der Waals surface area contributed by atoms with E-state index in [-0.39, 0.29) is 9.96 Å². The molecule has 0 amide bonds. The van der Waals surface area contributed by atoms with Crippen LogP contribution in [0.2, 0.25) is 5.02 Å². The van der Waals surface area contributed by atoms with E-state index in [0.29, 0.717) is 22.0 Å². The van der Waals surface area contributed by atoms with Crippen LogP contribution in [0.1, 0.15) is 5.56 Å². The Labute approximate surface area is 179 Å². The molecule has 3 aromatic rings. The van der Waals surface area contributed by atoms with Crippen LogP contribution >= 0.6 is 22.9 Å². The molecule has 0 atom stereocenters. The quantitative estimate of drug-likeness (QED) is 0.584. The van der Waals surface area contributed by atoms with Gasteiger partial charge in [0.1, 0.15) is 9.96 Å². The predicted octanol–water partition coefficient (Wildman–Crippen LogP) is 4.12. The second kappa shape index (κ2) is 7.68. The van der Waals surface area contributed by atoms with E-state index in [1.807, 2.05) is 6.07 Å². The molecular weight excluding hydrogens is 430 g/mol. The third kappa shape index (κ3) is 4.02. The Balaban J connectivity index is 1.65. The molecule has 9 heteroatoms. The van der Waals surface area contributed by atoms with Gasteiger partial charge in [-0.3, -0.25) is 4.72 Å². The fourth-order valence-electron chi connectivity index (χ4n) is 3.52. The van der Waals surface area contributed by atoms with Crippen molar-refractivity contribution in [2.75, 3.05) is 42.8 Å². The van der Waals surface area contributed by atoms with Crippen LogP contribution in [0.5, 0.6) is 5.75 Å². The first-order valence-corrected chi connectivity index (χ1v) is 11.9. The molecular formula is C20H22ClN3O3S2. The molecule has 2 aromatic carbocycles. The second-order valence-electron chi connectivity index (χ2n) is 7.25. The molecule has 0 bridgehead atoms. The lowest BCUT2D eigenvalue weighted by Gasteiger charge is -2.34. The van der Waals surface area contributed by atoms with Gasteiger partial charge < -0.3 is 14.9 Å². The summed E-state index contributed by atoms with van der Waals surface area (Å²) in [6, 6.07) is 10.2. The number of sulfonamides is 1. The highest BCUT2D eigenvalue weighted by atomic mass is 35.5. The summed E-state index contributed by atoms with van der Waals surface area (Å²) < 4.78 is 30.0. The van der Waals surface area contributed by atoms with Gasteiger partial charge in [0.2, 0.25) is 0 Å². The Kier molecular flexibility index (Phi) is 5.37. The maximum atomic E-state index is 13.1. The Morgan fingerprint density at radius 2 is 1.83 bits per heavy atom. The van der Waals surface area contributed by atoms with Crippen LogP contribution in [0.15, 0.2) is 40.6 Å². The zero-order valence-corrected chi connectivity index (χ0v) is 18.5. The molecule has 1 fully saturated rings. The zero-order valence-electron chi connectivity index (χ0n) is 16.1. The standard InChI is InChI=1S/C20H22ClN3O3S2/c1-13-16-11-14(21)3-6-19(16)28-20(13)29(26,27)22-15-4-5-18(25)17(12-15)24-9-7-23(2)8-10-24/h3-6,11-12,22,25H,7-10H2,1-2H3. The maximum absolute atomic E-state index is 13.1. The normalized spacial score (nSPS) is 15.8. The van der Waals surface area contributed by atoms with Crippen LogP contribution in [-0.2, 0) is 10.0 Å². The van der Waals surface area contributed by atoms with Gasteiger partial charge in [0.15, 0.2) is 0 Å². The van der Waals surface area contributed by atoms with Gasteiger partial charge >= 0.3 is 0 Å². The van der Waals surface area contributed by atoms with Crippen molar-refractivity contribution >= 4 is 54.4 Å². The number of phenolic OH excluding ortho intramolecular Hbond substituents is 1. The zero-order chi connectivity index (χ0) is 20.8. The minimum atomic E-state index is -3.77. The summed E-state index contributed by atoms with van der Waals surface area (Å²) in [6.45, 7) is 5.11. The molecule has 1 aromatic heterocycles. The Hall–Kier alpha value is -2.00. The van der Waals surface area contributed by atoms with Crippen molar-refractivity contribution in [3.63, 3.8) is 0 Å². The number of fused-ring (bicyclic) bond motifs is 1. The summed E-state index contributed by atoms with van der Waals surface area (Å²) in [5, 5.41) is 11.7. The average molecular weight is 452 g/mol. The Bertz CT molecular complexity index is 1170. The van der Waals surface area contributed by atoms with E-state index >= 15 is 0 Å². The molecule has 0 radical (unpaired) electrons. The van der Waals surface area contributed by atoms with E-state index in [4.69, 9.17) is 11.6 Å². The van der Waals surface area contributed by atoms with Gasteiger partial charge in [0.05, 0.1) is 11.4 Å². The first-order chi connectivity index (χ1) is 13.7. The lowest BCUT2D eigenvalue weighted by atomic mass is 10.2. The maximum Gasteiger partial charge on any atom is 0.271 e. The number of nitrogens with one attached hydrogen (secondary N) is 1. The molecule has 6 nitrogen and oxygen atoms in total. The largest absolute Gasteiger partial charge is 0.506 e. The van der Waals surface area contributed by atoms with Crippen LogP contribution in [0.4, 0.5) is 11.4 Å². The number of anilines is 2. The van der Waals surface area contributed by atoms with Crippen molar-refractivity contribution in [2.24, 2.45) is 0 Å². The third-order valence-electron chi connectivity index (χ3n) is 5.17. The number of hydrogen-bond acceptors (Lipinski definition) is 6. The van der Waals surface area contributed by atoms with Gasteiger partial charge in [-0.05, 0) is 61.3 Å². The molecule has 0 aliphatic carbocycles. The summed E-state index contributed by atoms with van der Waals surface area (Å²) in [4.78, 5) is 4.29. The number of phenols is 1. The summed E-state index contributed by atoms with van der Waals surface area (Å²) in [6.07, 6.45) is 0. The van der Waals surface area contributed by atoms with E-state index in [0.717, 1.165) is 36.3 Å². The van der Waals surface area contributed by atoms with Crippen LogP contribution in [0.25, 0.3) is 10.1 Å². The fraction of sp³-hybridized carbons (Fsp3) is 0.300. The first kappa shape index (κ1) is 20.3. The molecule has 2 heterocycles. The molecule has 2 N–H and O–H groups in total. The number of likely N-dealkylation sites (N-methyl/N-ethyl adjacent to an activating group) is 1. The van der Waals surface area contributed by atoms with E-state index in [1.165, 1.54) is 17.4 Å². The highest BCUT2D eigenvalue weighted by Crippen LogP contribution is 2.37. The topological polar surface area (TPSA) is 72.9 Å². The monoisotopic (exact) mass is 451 g/mol. The van der Waals surface area contributed by atoms with Gasteiger partial charge in [0, 0.05) is 35.9 Å². The number of benzene rings is 2. The van der Waals surface area contributed by atoms with Crippen molar-refractivity contribution < 1.29 is 13.5 Å². The summed E-state index contributed by atoms with van der Waals surface area (Å²) in [5.41, 5.74) is 1.74. The van der Waals surface area contributed by atoms with Crippen molar-refractivity contribution in [1.29, 1.82) is 0 Å². The molecule has 154 valence electrons. The van der Waals surface area contributed by atoms with Crippen LogP contribution < -0.4 is 9.62 Å². The Morgan fingerprint density at radius 1 is 1.10 bits per heavy atom. The Morgan fingerprint density at radius 3 is 2.55 bits per heavy atom. The van der Waals surface area contributed by atoms with Gasteiger partial charge in [-0.25, -0.2) is 8.42 Å². The molecule has 0 saturated carbocycles. The fourth-order valence-corrected chi connectivity index (χ4v) is 6.49. The van der Waals surface area contributed by atoms with E-state index in [1.54, 1.807) is 31.2 Å². The lowest BCUT2D eigenvalue weighted by Crippen LogP contribution is -2.44. The van der Waals surface area contributed by atoms with E-state index in [2.05, 4.69) is 21.6 Å². The number of nitrogens with zero attached hydrogens (tertiary/aromatic N) is 2. The molecule has 1 aliphatic heterocycles. The average Bonchev–Trinajstić information content (AvgIpc) is 3.01. The molecule has 29 heavy (non-hydrogen) atoms. The van der Waals surface area contributed by atoms with Crippen LogP contribution in [0, 0.1) is 6.92 Å². The summed E-state index contributed by atoms with van der Waals surface area (Å²) in [7, 11) is -1.71. The number of aromatic hydroxyl groups is 1. The number of aryl methyl sites for hydroxylation is 1. The molecule has 4 rings (SSSR count). The van der Waals surface area contributed by atoms with Gasteiger partial charge in [-0.15, -0.1) is 11.3 Å². The minimum absolute atomic E-state index is 0.144. The van der Waals surface area contributed by atoms with E-state index < -0.39 is 10.0 Å². The van der Waals surface area contributed by atoms with Crippen molar-refractivity contribution in [2.45, 2.75) is 11.1 Å². The van der Waals surface area contributed by atoms with Gasteiger partial charge in [-0.2, -0.15) is 0 Å². The van der Waals surface area contributed by atoms with Crippen LogP contribution in [0.3, 0.4) is 0 Å². The molecule has 1 saturated heterocycles. The predicted molar refractivity (Wildman–Crippen MR) is 120 cm³/mol. The number of piperazine rings is 1. The van der Waals surface area contributed by atoms with Gasteiger partial charge in [0.25, 0.3) is 10.0 Å². The molecule has 1 aliphatic rings. The second-order valence-corrected chi connectivity index (χ2v) is 10.6. The van der Waals surface area contributed by atoms with Crippen molar-refractivity contribution in [1.82, 2.24) is 4.90 Å². The highest BCUT2D eigenvalue weighted by Gasteiger charge is 2.23. The highest BCUT2D eigenvalue weighted by molar-refractivity contribution is 7.94. The number of halogens is 1. The summed E-state index contributed by atoms with van der Waals surface area (Å²) >= 11 is 7.29. The first-order valence-electron chi connectivity index (χ1n) is 9.22. The number of rotatable bonds is 4. The summed E-state index contributed by atoms with van der Waals surface area (Å²) in [5.74, 6) is 0.144. The smallest absolute Gasteiger partial charge is 0.271 e. The number of thiophene rings is 1. The molecule has 0 unspecified atom stereocenters. The minimum Gasteiger partial charge on any atom is -0.506 e. The van der Waals surface area contributed by atoms with E-state index in [9.17, 15) is 13.5 Å². The molecule has 0 spiro atoms. The van der Waals surface area contributed by atoms with Crippen molar-refractivity contribution in [3.8, 4) is 5.75 Å².